The van der Waals surface area contributed by atoms with Gasteiger partial charge in [-0.25, -0.2) is 0 Å². The van der Waals surface area contributed by atoms with E-state index in [-0.39, 0.29) is 5.41 Å². The number of allylic oxidation sites excluding steroid dienone is 3. The summed E-state index contributed by atoms with van der Waals surface area (Å²) in [4.78, 5) is 11.8. The molecule has 0 spiro atoms. The Morgan fingerprint density at radius 1 is 1.60 bits per heavy atom. The van der Waals surface area contributed by atoms with Gasteiger partial charge in [0.1, 0.15) is 0 Å². The molecule has 1 heteroatoms. The summed E-state index contributed by atoms with van der Waals surface area (Å²) in [6.45, 7) is 8.52. The van der Waals surface area contributed by atoms with Gasteiger partial charge in [-0.2, -0.15) is 0 Å². The summed E-state index contributed by atoms with van der Waals surface area (Å²) >= 11 is 0. The van der Waals surface area contributed by atoms with Crippen LogP contribution in [-0.2, 0) is 4.79 Å². The molecule has 0 saturated heterocycles. The monoisotopic (exact) mass is 204 g/mol. The Hall–Kier alpha value is -0.850. The third kappa shape index (κ3) is 1.49. The zero-order valence-electron chi connectivity index (χ0n) is 9.75. The molecule has 15 heavy (non-hydrogen) atoms. The van der Waals surface area contributed by atoms with Gasteiger partial charge in [0.2, 0.25) is 0 Å². The molecule has 3 atom stereocenters. The van der Waals surface area contributed by atoms with Crippen LogP contribution >= 0.6 is 0 Å². The van der Waals surface area contributed by atoms with E-state index in [1.54, 1.807) is 0 Å². The van der Waals surface area contributed by atoms with Gasteiger partial charge in [0.15, 0.2) is 5.78 Å². The average Bonchev–Trinajstić information content (AvgIpc) is 2.24. The van der Waals surface area contributed by atoms with Gasteiger partial charge in [0.05, 0.1) is 0 Å². The Morgan fingerprint density at radius 3 is 3.00 bits per heavy atom. The predicted molar refractivity (Wildman–Crippen MR) is 62.5 cm³/mol. The molecule has 2 aliphatic carbocycles. The van der Waals surface area contributed by atoms with Crippen molar-refractivity contribution in [1.29, 1.82) is 0 Å². The molecule has 0 radical (unpaired) electrons. The average molecular weight is 204 g/mol. The predicted octanol–water partition coefficient (Wildman–Crippen LogP) is 3.51. The molecule has 0 aromatic heterocycles. The number of fused-ring (bicyclic) bond motifs is 1. The summed E-state index contributed by atoms with van der Waals surface area (Å²) in [7, 11) is 0. The number of rotatable bonds is 1. The number of hydrogen-bond donors (Lipinski definition) is 0. The minimum atomic E-state index is 0.125. The highest BCUT2D eigenvalue weighted by atomic mass is 16.1. The van der Waals surface area contributed by atoms with Crippen molar-refractivity contribution in [3.63, 3.8) is 0 Å². The third-order valence-corrected chi connectivity index (χ3v) is 4.54. The topological polar surface area (TPSA) is 17.1 Å². The van der Waals surface area contributed by atoms with E-state index in [1.807, 2.05) is 0 Å². The normalized spacial score (nSPS) is 40.7. The van der Waals surface area contributed by atoms with Crippen molar-refractivity contribution in [2.24, 2.45) is 17.3 Å². The Kier molecular flexibility index (Phi) is 2.57. The van der Waals surface area contributed by atoms with Gasteiger partial charge in [0.25, 0.3) is 0 Å². The van der Waals surface area contributed by atoms with E-state index in [2.05, 4.69) is 32.6 Å². The van der Waals surface area contributed by atoms with Crippen LogP contribution in [0.15, 0.2) is 24.3 Å². The number of ketones is 1. The molecule has 2 rings (SSSR count). The SMILES string of the molecule is C=C[C@]1(C)[C@H](C)CC=C2C(=O)CCC[C@H]21. The molecule has 0 aromatic rings. The molecule has 0 amide bonds. The fourth-order valence-corrected chi connectivity index (χ4v) is 3.11. The lowest BCUT2D eigenvalue weighted by Crippen LogP contribution is -2.40. The number of Topliss-reactive ketones (excluding diaryl/α,β-unsaturated/α-hetero) is 1. The second-order valence-electron chi connectivity index (χ2n) is 5.23. The summed E-state index contributed by atoms with van der Waals surface area (Å²) in [6, 6.07) is 0. The Bertz CT molecular complexity index is 326. The van der Waals surface area contributed by atoms with Crippen LogP contribution in [0.1, 0.15) is 39.5 Å². The standard InChI is InChI=1S/C14H20O/c1-4-14(3)10(2)8-9-11-12(14)6-5-7-13(11)15/h4,9-10,12H,1,5-8H2,2-3H3/t10-,12-,14-/m1/s1. The Balaban J connectivity index is 2.40. The first-order chi connectivity index (χ1) is 7.09. The molecule has 1 nitrogen and oxygen atoms in total. The molecule has 0 unspecified atom stereocenters. The van der Waals surface area contributed by atoms with Crippen LogP contribution in [0.3, 0.4) is 0 Å². The van der Waals surface area contributed by atoms with E-state index in [1.165, 1.54) is 0 Å². The highest BCUT2D eigenvalue weighted by Gasteiger charge is 2.43. The largest absolute Gasteiger partial charge is 0.295 e. The maximum absolute atomic E-state index is 11.8. The van der Waals surface area contributed by atoms with Gasteiger partial charge in [0, 0.05) is 6.42 Å². The summed E-state index contributed by atoms with van der Waals surface area (Å²) in [5, 5.41) is 0. The van der Waals surface area contributed by atoms with E-state index in [0.29, 0.717) is 17.6 Å². The van der Waals surface area contributed by atoms with Crippen LogP contribution in [0.2, 0.25) is 0 Å². The lowest BCUT2D eigenvalue weighted by Gasteiger charge is -2.46. The zero-order chi connectivity index (χ0) is 11.1. The lowest BCUT2D eigenvalue weighted by molar-refractivity contribution is -0.118. The van der Waals surface area contributed by atoms with Gasteiger partial charge >= 0.3 is 0 Å². The van der Waals surface area contributed by atoms with E-state index < -0.39 is 0 Å². The van der Waals surface area contributed by atoms with Gasteiger partial charge in [-0.3, -0.25) is 4.79 Å². The van der Waals surface area contributed by atoms with Crippen molar-refractivity contribution in [1.82, 2.24) is 0 Å². The molecule has 1 fully saturated rings. The summed E-state index contributed by atoms with van der Waals surface area (Å²) < 4.78 is 0. The van der Waals surface area contributed by atoms with Crippen molar-refractivity contribution in [2.45, 2.75) is 39.5 Å². The third-order valence-electron chi connectivity index (χ3n) is 4.54. The van der Waals surface area contributed by atoms with Crippen molar-refractivity contribution >= 4 is 5.78 Å². The zero-order valence-corrected chi connectivity index (χ0v) is 9.75. The first kappa shape index (κ1) is 10.7. The fourth-order valence-electron chi connectivity index (χ4n) is 3.11. The van der Waals surface area contributed by atoms with Crippen LogP contribution in [0.25, 0.3) is 0 Å². The van der Waals surface area contributed by atoms with Crippen LogP contribution in [0.5, 0.6) is 0 Å². The quantitative estimate of drug-likeness (QED) is 0.597. The Labute approximate surface area is 92.3 Å². The minimum Gasteiger partial charge on any atom is -0.295 e. The highest BCUT2D eigenvalue weighted by Crippen LogP contribution is 2.50. The molecule has 0 heterocycles. The summed E-state index contributed by atoms with van der Waals surface area (Å²) in [5.74, 6) is 1.42. The molecule has 1 saturated carbocycles. The highest BCUT2D eigenvalue weighted by molar-refractivity contribution is 5.96. The maximum Gasteiger partial charge on any atom is 0.158 e. The molecular weight excluding hydrogens is 184 g/mol. The molecule has 82 valence electrons. The smallest absolute Gasteiger partial charge is 0.158 e. The van der Waals surface area contributed by atoms with E-state index >= 15 is 0 Å². The van der Waals surface area contributed by atoms with Crippen molar-refractivity contribution in [2.75, 3.05) is 0 Å². The first-order valence-corrected chi connectivity index (χ1v) is 5.96. The van der Waals surface area contributed by atoms with E-state index in [0.717, 1.165) is 31.3 Å². The second-order valence-corrected chi connectivity index (χ2v) is 5.23. The maximum atomic E-state index is 11.8. The first-order valence-electron chi connectivity index (χ1n) is 5.96. The molecule has 0 bridgehead atoms. The molecule has 2 aliphatic rings. The van der Waals surface area contributed by atoms with Crippen LogP contribution < -0.4 is 0 Å². The minimum absolute atomic E-state index is 0.125. The van der Waals surface area contributed by atoms with Gasteiger partial charge < -0.3 is 0 Å². The van der Waals surface area contributed by atoms with Crippen LogP contribution in [0, 0.1) is 17.3 Å². The second kappa shape index (κ2) is 3.62. The molecular formula is C14H20O. The fraction of sp³-hybridized carbons (Fsp3) is 0.643. The number of carbonyl (C=O) groups excluding carboxylic acids is 1. The Morgan fingerprint density at radius 2 is 2.33 bits per heavy atom. The molecule has 0 aromatic carbocycles. The van der Waals surface area contributed by atoms with Crippen molar-refractivity contribution < 1.29 is 4.79 Å². The molecule has 0 aliphatic heterocycles. The van der Waals surface area contributed by atoms with Gasteiger partial charge in [-0.05, 0) is 42.1 Å². The van der Waals surface area contributed by atoms with Crippen molar-refractivity contribution in [3.8, 4) is 0 Å². The van der Waals surface area contributed by atoms with Gasteiger partial charge in [-0.1, -0.05) is 26.0 Å². The summed E-state index contributed by atoms with van der Waals surface area (Å²) in [5.41, 5.74) is 1.22. The number of hydrogen-bond acceptors (Lipinski definition) is 1. The molecule has 0 N–H and O–H groups in total. The summed E-state index contributed by atoms with van der Waals surface area (Å²) in [6.07, 6.45) is 8.25. The number of carbonyl (C=O) groups is 1. The van der Waals surface area contributed by atoms with E-state index in [4.69, 9.17) is 0 Å². The van der Waals surface area contributed by atoms with Crippen LogP contribution in [0.4, 0.5) is 0 Å². The lowest BCUT2D eigenvalue weighted by atomic mass is 9.58. The van der Waals surface area contributed by atoms with E-state index in [9.17, 15) is 4.79 Å². The van der Waals surface area contributed by atoms with Crippen molar-refractivity contribution in [3.05, 3.63) is 24.3 Å². The van der Waals surface area contributed by atoms with Crippen LogP contribution in [-0.4, -0.2) is 5.78 Å². The van der Waals surface area contributed by atoms with Gasteiger partial charge in [-0.15, -0.1) is 6.58 Å².